The molecule has 5 aromatic rings. The molecule has 1 heterocycles. The Morgan fingerprint density at radius 1 is 0.590 bits per heavy atom. The van der Waals surface area contributed by atoms with Crippen molar-refractivity contribution in [1.82, 2.24) is 4.57 Å². The fourth-order valence-electron chi connectivity index (χ4n) is 4.38. The lowest BCUT2D eigenvalue weighted by Crippen LogP contribution is -2.13. The van der Waals surface area contributed by atoms with Gasteiger partial charge in [0.1, 0.15) is 0 Å². The average molecular weight is 518 g/mol. The van der Waals surface area contributed by atoms with Crippen LogP contribution in [-0.2, 0) is 0 Å². The van der Waals surface area contributed by atoms with Crippen LogP contribution in [0.1, 0.15) is 20.7 Å². The van der Waals surface area contributed by atoms with Crippen LogP contribution in [-0.4, -0.2) is 44.6 Å². The minimum atomic E-state index is -0.150. The lowest BCUT2D eigenvalue weighted by atomic mass is 10.1. The Bertz CT molecular complexity index is 1620. The van der Waals surface area contributed by atoms with Crippen molar-refractivity contribution in [3.8, 4) is 5.69 Å². The van der Waals surface area contributed by atoms with Gasteiger partial charge < -0.3 is 25.0 Å². The number of rotatable bonds is 7. The van der Waals surface area contributed by atoms with E-state index in [0.29, 0.717) is 11.1 Å². The van der Waals surface area contributed by atoms with Crippen LogP contribution < -0.4 is 20.4 Å². The summed E-state index contributed by atoms with van der Waals surface area (Å²) in [6.45, 7) is 0. The number of hydrogen-bond acceptors (Lipinski definition) is 4. The zero-order valence-electron chi connectivity index (χ0n) is 22.5. The maximum atomic E-state index is 12.7. The van der Waals surface area contributed by atoms with Crippen LogP contribution in [0.25, 0.3) is 16.6 Å². The zero-order chi connectivity index (χ0) is 27.5. The van der Waals surface area contributed by atoms with Crippen molar-refractivity contribution in [1.29, 1.82) is 0 Å². The smallest absolute Gasteiger partial charge is 0.255 e. The lowest BCUT2D eigenvalue weighted by molar-refractivity contribution is 0.101. The number of anilines is 4. The highest BCUT2D eigenvalue weighted by Crippen LogP contribution is 2.25. The van der Waals surface area contributed by atoms with Crippen LogP contribution in [0.15, 0.2) is 103 Å². The molecule has 0 aliphatic rings. The first-order valence-corrected chi connectivity index (χ1v) is 12.7. The number of nitrogens with one attached hydrogen (secondary N) is 2. The van der Waals surface area contributed by atoms with Gasteiger partial charge in [0.05, 0.1) is 5.52 Å². The summed E-state index contributed by atoms with van der Waals surface area (Å²) < 4.78 is 2.08. The number of fused-ring (bicyclic) bond motifs is 1. The third-order valence-corrected chi connectivity index (χ3v) is 6.64. The number of hydrogen-bond donors (Lipinski definition) is 2. The molecule has 39 heavy (non-hydrogen) atoms. The van der Waals surface area contributed by atoms with E-state index in [1.54, 1.807) is 0 Å². The molecule has 0 bridgehead atoms. The number of carbonyl (C=O) groups is 2. The standard InChI is InChI=1S/C32H31N5O2/c1-35(2)27-12-5-22(6-13-27)31(38)33-25-9-16-29(17-10-25)37-20-19-24-21-26(11-18-30(24)37)34-32(39)23-7-14-28(15-8-23)36(3)4/h5-21H,1-4H3,(H,33,38)(H,34,39). The van der Waals surface area contributed by atoms with Gasteiger partial charge in [0.2, 0.25) is 0 Å². The van der Waals surface area contributed by atoms with Crippen LogP contribution in [0, 0.1) is 0 Å². The van der Waals surface area contributed by atoms with Crippen molar-refractivity contribution < 1.29 is 9.59 Å². The SMILES string of the molecule is CN(C)c1ccc(C(=O)Nc2ccc(-n3ccc4cc(NC(=O)c5ccc(N(C)C)cc5)ccc43)cc2)cc1. The van der Waals surface area contributed by atoms with Crippen LogP contribution in [0.4, 0.5) is 22.7 Å². The molecule has 1 aromatic heterocycles. The predicted molar refractivity (Wildman–Crippen MR) is 161 cm³/mol. The van der Waals surface area contributed by atoms with Gasteiger partial charge in [-0.15, -0.1) is 0 Å². The first-order chi connectivity index (χ1) is 18.8. The Labute approximate surface area is 228 Å². The molecule has 7 heteroatoms. The topological polar surface area (TPSA) is 69.6 Å². The summed E-state index contributed by atoms with van der Waals surface area (Å²) in [5, 5.41) is 6.96. The Balaban J connectivity index is 1.27. The van der Waals surface area contributed by atoms with Crippen molar-refractivity contribution in [2.24, 2.45) is 0 Å². The van der Waals surface area contributed by atoms with E-state index in [9.17, 15) is 9.59 Å². The molecule has 0 aliphatic heterocycles. The summed E-state index contributed by atoms with van der Waals surface area (Å²) in [5.74, 6) is -0.298. The molecule has 0 unspecified atom stereocenters. The van der Waals surface area contributed by atoms with Gasteiger partial charge in [0, 0.05) is 79.3 Å². The second kappa shape index (κ2) is 10.8. The van der Waals surface area contributed by atoms with Gasteiger partial charge in [-0.05, 0) is 97.1 Å². The highest BCUT2D eigenvalue weighted by molar-refractivity contribution is 6.05. The Hall–Kier alpha value is -5.04. The molecule has 0 radical (unpaired) electrons. The summed E-state index contributed by atoms with van der Waals surface area (Å²) in [5.41, 5.74) is 6.74. The van der Waals surface area contributed by atoms with Gasteiger partial charge in [0.15, 0.2) is 0 Å². The second-order valence-electron chi connectivity index (χ2n) is 9.80. The second-order valence-corrected chi connectivity index (χ2v) is 9.80. The van der Waals surface area contributed by atoms with E-state index >= 15 is 0 Å². The van der Waals surface area contributed by atoms with Crippen LogP contribution >= 0.6 is 0 Å². The number of aromatic nitrogens is 1. The number of nitrogens with zero attached hydrogens (tertiary/aromatic N) is 3. The Morgan fingerprint density at radius 2 is 1.08 bits per heavy atom. The first-order valence-electron chi connectivity index (χ1n) is 12.7. The van der Waals surface area contributed by atoms with Crippen LogP contribution in [0.3, 0.4) is 0 Å². The largest absolute Gasteiger partial charge is 0.378 e. The highest BCUT2D eigenvalue weighted by Gasteiger charge is 2.10. The normalized spacial score (nSPS) is 10.8. The average Bonchev–Trinajstić information content (AvgIpc) is 3.37. The summed E-state index contributed by atoms with van der Waals surface area (Å²) in [6, 6.07) is 30.6. The molecule has 196 valence electrons. The van der Waals surface area contributed by atoms with E-state index in [-0.39, 0.29) is 11.8 Å². The molecule has 0 fully saturated rings. The summed E-state index contributed by atoms with van der Waals surface area (Å²) in [7, 11) is 7.87. The number of carbonyl (C=O) groups excluding carboxylic acids is 2. The summed E-state index contributed by atoms with van der Waals surface area (Å²) in [6.07, 6.45) is 2.00. The van der Waals surface area contributed by atoms with Gasteiger partial charge in [-0.1, -0.05) is 0 Å². The van der Waals surface area contributed by atoms with E-state index in [4.69, 9.17) is 0 Å². The quantitative estimate of drug-likeness (QED) is 0.267. The molecule has 0 aliphatic carbocycles. The Kier molecular flexibility index (Phi) is 7.06. The number of amides is 2. The van der Waals surface area contributed by atoms with Crippen molar-refractivity contribution in [2.45, 2.75) is 0 Å². The van der Waals surface area contributed by atoms with E-state index < -0.39 is 0 Å². The Morgan fingerprint density at radius 3 is 1.59 bits per heavy atom. The fourth-order valence-corrected chi connectivity index (χ4v) is 4.38. The maximum absolute atomic E-state index is 12.7. The third-order valence-electron chi connectivity index (χ3n) is 6.64. The van der Waals surface area contributed by atoms with Crippen LogP contribution in [0.2, 0.25) is 0 Å². The summed E-state index contributed by atoms with van der Waals surface area (Å²) >= 11 is 0. The molecular weight excluding hydrogens is 486 g/mol. The molecule has 0 saturated carbocycles. The molecule has 2 amide bonds. The highest BCUT2D eigenvalue weighted by atomic mass is 16.2. The van der Waals surface area contributed by atoms with E-state index in [2.05, 4.69) is 15.2 Å². The predicted octanol–water partition coefficient (Wildman–Crippen LogP) is 6.27. The van der Waals surface area contributed by atoms with E-state index in [1.807, 2.05) is 141 Å². The zero-order valence-corrected chi connectivity index (χ0v) is 22.5. The maximum Gasteiger partial charge on any atom is 0.255 e. The molecule has 0 spiro atoms. The third kappa shape index (κ3) is 5.62. The van der Waals surface area contributed by atoms with Gasteiger partial charge in [-0.3, -0.25) is 9.59 Å². The van der Waals surface area contributed by atoms with Crippen molar-refractivity contribution in [3.05, 3.63) is 114 Å². The van der Waals surface area contributed by atoms with Gasteiger partial charge >= 0.3 is 0 Å². The molecular formula is C32H31N5O2. The molecule has 7 nitrogen and oxygen atoms in total. The van der Waals surface area contributed by atoms with Gasteiger partial charge in [-0.25, -0.2) is 0 Å². The summed E-state index contributed by atoms with van der Waals surface area (Å²) in [4.78, 5) is 29.4. The molecule has 0 atom stereocenters. The van der Waals surface area contributed by atoms with Crippen molar-refractivity contribution >= 4 is 45.5 Å². The van der Waals surface area contributed by atoms with Crippen molar-refractivity contribution in [3.63, 3.8) is 0 Å². The lowest BCUT2D eigenvalue weighted by Gasteiger charge is -2.13. The molecule has 2 N–H and O–H groups in total. The van der Waals surface area contributed by atoms with Crippen LogP contribution in [0.5, 0.6) is 0 Å². The molecule has 4 aromatic carbocycles. The molecule has 0 saturated heterocycles. The fraction of sp³-hybridized carbons (Fsp3) is 0.125. The minimum absolute atomic E-state index is 0.148. The van der Waals surface area contributed by atoms with E-state index in [0.717, 1.165) is 39.3 Å². The van der Waals surface area contributed by atoms with Crippen molar-refractivity contribution in [2.75, 3.05) is 48.6 Å². The van der Waals surface area contributed by atoms with Gasteiger partial charge in [0.25, 0.3) is 11.8 Å². The minimum Gasteiger partial charge on any atom is -0.378 e. The number of benzene rings is 4. The first kappa shape index (κ1) is 25.6. The van der Waals surface area contributed by atoms with E-state index in [1.165, 1.54) is 0 Å². The molecule has 5 rings (SSSR count). The monoisotopic (exact) mass is 517 g/mol. The van der Waals surface area contributed by atoms with Gasteiger partial charge in [-0.2, -0.15) is 0 Å².